The van der Waals surface area contributed by atoms with Crippen LogP contribution in [0.1, 0.15) is 25.0 Å². The summed E-state index contributed by atoms with van der Waals surface area (Å²) in [7, 11) is 0. The van der Waals surface area contributed by atoms with Crippen LogP contribution < -0.4 is 11.1 Å². The number of nitrogens with zero attached hydrogens (tertiary/aromatic N) is 2. The van der Waals surface area contributed by atoms with Gasteiger partial charge < -0.3 is 11.1 Å². The zero-order valence-electron chi connectivity index (χ0n) is 10.7. The van der Waals surface area contributed by atoms with Crippen LogP contribution in [0.2, 0.25) is 0 Å². The van der Waals surface area contributed by atoms with Crippen molar-refractivity contribution in [3.05, 3.63) is 11.8 Å². The van der Waals surface area contributed by atoms with E-state index >= 15 is 0 Å². The molecule has 3 fully saturated rings. The molecule has 108 valence electrons. The van der Waals surface area contributed by atoms with Gasteiger partial charge in [0.15, 0.2) is 5.69 Å². The van der Waals surface area contributed by atoms with E-state index in [1.54, 1.807) is 0 Å². The maximum atomic E-state index is 12.7. The Bertz CT molecular complexity index is 543. The Labute approximate surface area is 114 Å². The van der Waals surface area contributed by atoms with Crippen LogP contribution in [0, 0.1) is 23.7 Å². The first-order chi connectivity index (χ1) is 9.43. The van der Waals surface area contributed by atoms with Crippen molar-refractivity contribution in [3.63, 3.8) is 0 Å². The molecule has 0 amide bonds. The van der Waals surface area contributed by atoms with Gasteiger partial charge in [-0.3, -0.25) is 0 Å². The van der Waals surface area contributed by atoms with Crippen molar-refractivity contribution >= 4 is 11.8 Å². The second-order valence-corrected chi connectivity index (χ2v) is 6.15. The normalized spacial score (nSPS) is 37.9. The number of fused-ring (bicyclic) bond motifs is 5. The topological polar surface area (TPSA) is 63.8 Å². The second kappa shape index (κ2) is 3.77. The fourth-order valence-electron chi connectivity index (χ4n) is 4.37. The minimum absolute atomic E-state index is 0.198. The van der Waals surface area contributed by atoms with Crippen molar-refractivity contribution in [1.29, 1.82) is 0 Å². The number of halogens is 3. The zero-order valence-corrected chi connectivity index (χ0v) is 10.7. The standard InChI is InChI=1S/C13H15F3N4/c14-13(15,16)7-4-8(20-12(17)18-7)19-11-9-5-1-2-6(3-5)10(9)11/h4-6,9-11H,1-3H2,(H3,17,18,19,20). The van der Waals surface area contributed by atoms with E-state index in [0.29, 0.717) is 11.8 Å². The van der Waals surface area contributed by atoms with Crippen LogP contribution in [0.3, 0.4) is 0 Å². The van der Waals surface area contributed by atoms with Gasteiger partial charge in [0, 0.05) is 12.1 Å². The third kappa shape index (κ3) is 1.75. The number of nitrogens with one attached hydrogen (secondary N) is 1. The van der Waals surface area contributed by atoms with Crippen molar-refractivity contribution in [1.82, 2.24) is 9.97 Å². The van der Waals surface area contributed by atoms with E-state index in [2.05, 4.69) is 15.3 Å². The van der Waals surface area contributed by atoms with Gasteiger partial charge >= 0.3 is 6.18 Å². The maximum Gasteiger partial charge on any atom is 0.433 e. The molecular formula is C13H15F3N4. The number of nitrogens with two attached hydrogens (primary N) is 1. The highest BCUT2D eigenvalue weighted by Gasteiger charge is 2.65. The Hall–Kier alpha value is -1.53. The van der Waals surface area contributed by atoms with Crippen molar-refractivity contribution in [2.75, 3.05) is 11.1 Å². The van der Waals surface area contributed by atoms with Crippen molar-refractivity contribution in [2.24, 2.45) is 23.7 Å². The summed E-state index contributed by atoms with van der Waals surface area (Å²) in [5.41, 5.74) is 4.39. The summed E-state index contributed by atoms with van der Waals surface area (Å²) in [4.78, 5) is 7.13. The molecule has 0 saturated heterocycles. The van der Waals surface area contributed by atoms with Crippen LogP contribution >= 0.6 is 0 Å². The molecule has 0 spiro atoms. The quantitative estimate of drug-likeness (QED) is 0.876. The first kappa shape index (κ1) is 12.2. The average molecular weight is 284 g/mol. The molecule has 4 atom stereocenters. The summed E-state index contributed by atoms with van der Waals surface area (Å²) in [5, 5.41) is 3.14. The highest BCUT2D eigenvalue weighted by atomic mass is 19.4. The molecule has 1 aromatic heterocycles. The molecule has 3 N–H and O–H groups in total. The van der Waals surface area contributed by atoms with Gasteiger partial charge in [0.05, 0.1) is 0 Å². The molecule has 4 unspecified atom stereocenters. The monoisotopic (exact) mass is 284 g/mol. The molecule has 3 saturated carbocycles. The van der Waals surface area contributed by atoms with Gasteiger partial charge in [0.1, 0.15) is 5.82 Å². The summed E-state index contributed by atoms with van der Waals surface area (Å²) in [6.45, 7) is 0. The Balaban J connectivity index is 1.54. The predicted octanol–water partition coefficient (Wildman–Crippen LogP) is 2.53. The number of hydrogen-bond donors (Lipinski definition) is 2. The van der Waals surface area contributed by atoms with Gasteiger partial charge in [-0.15, -0.1) is 0 Å². The van der Waals surface area contributed by atoms with Crippen LogP contribution in [0.25, 0.3) is 0 Å². The van der Waals surface area contributed by atoms with Gasteiger partial charge in [-0.2, -0.15) is 18.2 Å². The predicted molar refractivity (Wildman–Crippen MR) is 66.7 cm³/mol. The SMILES string of the molecule is Nc1nc(NC2C3C4CCC(C4)C23)cc(C(F)(F)F)n1. The molecule has 0 aliphatic heterocycles. The van der Waals surface area contributed by atoms with Crippen LogP contribution in [-0.2, 0) is 6.18 Å². The smallest absolute Gasteiger partial charge is 0.368 e. The Morgan fingerprint density at radius 3 is 2.40 bits per heavy atom. The number of anilines is 2. The second-order valence-electron chi connectivity index (χ2n) is 6.15. The van der Waals surface area contributed by atoms with Gasteiger partial charge in [-0.05, 0) is 42.9 Å². The molecule has 4 nitrogen and oxygen atoms in total. The van der Waals surface area contributed by atoms with Crippen LogP contribution in [0.5, 0.6) is 0 Å². The molecule has 0 aromatic carbocycles. The van der Waals surface area contributed by atoms with E-state index in [4.69, 9.17) is 5.73 Å². The van der Waals surface area contributed by atoms with E-state index in [9.17, 15) is 13.2 Å². The number of rotatable bonds is 2. The molecule has 3 aliphatic rings. The highest BCUT2D eigenvalue weighted by Crippen LogP contribution is 2.66. The Morgan fingerprint density at radius 1 is 1.15 bits per heavy atom. The number of aromatic nitrogens is 2. The maximum absolute atomic E-state index is 12.7. The first-order valence-electron chi connectivity index (χ1n) is 6.92. The first-order valence-corrected chi connectivity index (χ1v) is 6.92. The van der Waals surface area contributed by atoms with Gasteiger partial charge in [0.25, 0.3) is 0 Å². The lowest BCUT2D eigenvalue weighted by atomic mass is 10.0. The summed E-state index contributed by atoms with van der Waals surface area (Å²) < 4.78 is 38.1. The van der Waals surface area contributed by atoms with Gasteiger partial charge in [-0.1, -0.05) is 0 Å². The Kier molecular flexibility index (Phi) is 2.30. The number of nitrogen functional groups attached to an aromatic ring is 1. The van der Waals surface area contributed by atoms with E-state index < -0.39 is 11.9 Å². The number of hydrogen-bond acceptors (Lipinski definition) is 4. The molecule has 20 heavy (non-hydrogen) atoms. The largest absolute Gasteiger partial charge is 0.433 e. The van der Waals surface area contributed by atoms with Gasteiger partial charge in [0.2, 0.25) is 5.95 Å². The van der Waals surface area contributed by atoms with Crippen molar-refractivity contribution in [2.45, 2.75) is 31.5 Å². The number of alkyl halides is 3. The van der Waals surface area contributed by atoms with E-state index in [-0.39, 0.29) is 17.8 Å². The molecular weight excluding hydrogens is 269 g/mol. The summed E-state index contributed by atoms with van der Waals surface area (Å²) in [6.07, 6.45) is -0.660. The third-order valence-electron chi connectivity index (χ3n) is 5.08. The molecule has 2 bridgehead atoms. The van der Waals surface area contributed by atoms with Gasteiger partial charge in [-0.25, -0.2) is 4.98 Å². The third-order valence-corrected chi connectivity index (χ3v) is 5.08. The minimum atomic E-state index is -4.49. The summed E-state index contributed by atoms with van der Waals surface area (Å²) >= 11 is 0. The minimum Gasteiger partial charge on any atom is -0.368 e. The molecule has 3 aliphatic carbocycles. The highest BCUT2D eigenvalue weighted by molar-refractivity contribution is 5.45. The molecule has 4 rings (SSSR count). The summed E-state index contributed by atoms with van der Waals surface area (Å²) in [6, 6.07) is 1.23. The molecule has 1 aromatic rings. The molecule has 0 radical (unpaired) electrons. The van der Waals surface area contributed by atoms with Crippen LogP contribution in [0.15, 0.2) is 6.07 Å². The van der Waals surface area contributed by atoms with Crippen LogP contribution in [-0.4, -0.2) is 16.0 Å². The van der Waals surface area contributed by atoms with E-state index in [0.717, 1.165) is 17.9 Å². The lowest BCUT2D eigenvalue weighted by Gasteiger charge is -2.13. The zero-order chi connectivity index (χ0) is 14.1. The lowest BCUT2D eigenvalue weighted by Crippen LogP contribution is -2.17. The fourth-order valence-corrected chi connectivity index (χ4v) is 4.37. The van der Waals surface area contributed by atoms with E-state index in [1.807, 2.05) is 0 Å². The summed E-state index contributed by atoms with van der Waals surface area (Å²) in [5.74, 6) is 2.62. The molecule has 1 heterocycles. The Morgan fingerprint density at radius 2 is 1.80 bits per heavy atom. The average Bonchev–Trinajstić information content (AvgIpc) is 2.77. The van der Waals surface area contributed by atoms with Crippen molar-refractivity contribution in [3.8, 4) is 0 Å². The molecule has 7 heteroatoms. The lowest BCUT2D eigenvalue weighted by molar-refractivity contribution is -0.141. The fraction of sp³-hybridized carbons (Fsp3) is 0.692. The van der Waals surface area contributed by atoms with Crippen LogP contribution in [0.4, 0.5) is 24.9 Å². The van der Waals surface area contributed by atoms with E-state index in [1.165, 1.54) is 19.3 Å². The van der Waals surface area contributed by atoms with Crippen molar-refractivity contribution < 1.29 is 13.2 Å².